The summed E-state index contributed by atoms with van der Waals surface area (Å²) in [5.41, 5.74) is 6.91. The highest BCUT2D eigenvalue weighted by Gasteiger charge is 2.22. The largest absolute Gasteiger partial charge is 0.481 e. The second kappa shape index (κ2) is 6.92. The predicted molar refractivity (Wildman–Crippen MR) is 97.7 cm³/mol. The number of rotatable bonds is 5. The van der Waals surface area contributed by atoms with Gasteiger partial charge >= 0.3 is 0 Å². The van der Waals surface area contributed by atoms with E-state index in [-0.39, 0.29) is 11.9 Å². The number of alkyl halides is 1. The first-order valence-corrected chi connectivity index (χ1v) is 8.38. The fraction of sp³-hybridized carbons (Fsp3) is 0.368. The van der Waals surface area contributed by atoms with Crippen molar-refractivity contribution in [1.29, 1.82) is 0 Å². The van der Waals surface area contributed by atoms with Crippen LogP contribution in [-0.4, -0.2) is 27.0 Å². The van der Waals surface area contributed by atoms with Crippen molar-refractivity contribution < 1.29 is 9.13 Å². The Balaban J connectivity index is 2.03. The van der Waals surface area contributed by atoms with Gasteiger partial charge < -0.3 is 10.5 Å². The minimum Gasteiger partial charge on any atom is -0.481 e. The van der Waals surface area contributed by atoms with Gasteiger partial charge in [0.05, 0.1) is 18.2 Å². The first kappa shape index (κ1) is 18.1. The van der Waals surface area contributed by atoms with E-state index < -0.39 is 5.67 Å². The van der Waals surface area contributed by atoms with Crippen molar-refractivity contribution in [3.8, 4) is 5.88 Å². The van der Waals surface area contributed by atoms with Gasteiger partial charge in [0.25, 0.3) is 0 Å². The lowest BCUT2D eigenvalue weighted by Gasteiger charge is -2.14. The van der Waals surface area contributed by atoms with Crippen LogP contribution in [0, 0.1) is 0 Å². The molecule has 6 nitrogen and oxygen atoms in total. The van der Waals surface area contributed by atoms with E-state index in [0.29, 0.717) is 18.0 Å². The highest BCUT2D eigenvalue weighted by Crippen LogP contribution is 2.29. The van der Waals surface area contributed by atoms with Gasteiger partial charge in [0.1, 0.15) is 0 Å². The summed E-state index contributed by atoms with van der Waals surface area (Å²) in [6.45, 7) is 4.78. The molecular formula is C19H22FN5O. The van der Waals surface area contributed by atoms with Gasteiger partial charge in [-0.25, -0.2) is 19.3 Å². The Kier molecular flexibility index (Phi) is 4.82. The van der Waals surface area contributed by atoms with Crippen LogP contribution in [0.5, 0.6) is 5.88 Å². The van der Waals surface area contributed by atoms with Gasteiger partial charge in [0.2, 0.25) is 5.88 Å². The fourth-order valence-corrected chi connectivity index (χ4v) is 2.76. The van der Waals surface area contributed by atoms with Crippen LogP contribution in [0.15, 0.2) is 30.7 Å². The molecule has 2 N–H and O–H groups in total. The Morgan fingerprint density at radius 3 is 2.58 bits per heavy atom. The number of fused-ring (bicyclic) bond motifs is 1. The van der Waals surface area contributed by atoms with Crippen molar-refractivity contribution in [1.82, 2.24) is 19.9 Å². The predicted octanol–water partition coefficient (Wildman–Crippen LogP) is 3.24. The van der Waals surface area contributed by atoms with E-state index in [9.17, 15) is 4.39 Å². The van der Waals surface area contributed by atoms with E-state index >= 15 is 0 Å². The van der Waals surface area contributed by atoms with Crippen LogP contribution in [-0.2, 0) is 12.1 Å². The van der Waals surface area contributed by atoms with Gasteiger partial charge in [0.15, 0.2) is 11.5 Å². The van der Waals surface area contributed by atoms with Crippen LogP contribution < -0.4 is 10.5 Å². The molecule has 1 atom stereocenters. The molecule has 0 unspecified atom stereocenters. The average molecular weight is 355 g/mol. The zero-order valence-electron chi connectivity index (χ0n) is 15.3. The highest BCUT2D eigenvalue weighted by molar-refractivity contribution is 5.89. The topological polar surface area (TPSA) is 86.8 Å². The maximum atomic E-state index is 14.1. The van der Waals surface area contributed by atoms with Crippen LogP contribution >= 0.6 is 0 Å². The van der Waals surface area contributed by atoms with Gasteiger partial charge in [-0.15, -0.1) is 0 Å². The van der Waals surface area contributed by atoms with Crippen LogP contribution in [0.1, 0.15) is 49.6 Å². The molecule has 0 aromatic carbocycles. The SMILES string of the molecule is COc1ncc([C@@H](C)N)c2cc(Cc3ccnc(C(C)(C)F)n3)ncc12. The maximum Gasteiger partial charge on any atom is 0.222 e. The molecule has 0 saturated heterocycles. The molecule has 0 aliphatic carbocycles. The zero-order valence-corrected chi connectivity index (χ0v) is 15.3. The van der Waals surface area contributed by atoms with E-state index in [4.69, 9.17) is 10.5 Å². The number of nitrogens with zero attached hydrogens (tertiary/aromatic N) is 4. The molecular weight excluding hydrogens is 333 g/mol. The minimum atomic E-state index is -1.59. The second-order valence-corrected chi connectivity index (χ2v) is 6.75. The summed E-state index contributed by atoms with van der Waals surface area (Å²) in [5.74, 6) is 0.671. The van der Waals surface area contributed by atoms with E-state index in [0.717, 1.165) is 22.0 Å². The molecule has 0 aliphatic heterocycles. The smallest absolute Gasteiger partial charge is 0.222 e. The minimum absolute atomic E-state index is 0.165. The van der Waals surface area contributed by atoms with E-state index in [1.54, 1.807) is 31.8 Å². The molecule has 0 aliphatic rings. The third kappa shape index (κ3) is 3.62. The third-order valence-electron chi connectivity index (χ3n) is 4.11. The van der Waals surface area contributed by atoms with Crippen LogP contribution in [0.2, 0.25) is 0 Å². The second-order valence-electron chi connectivity index (χ2n) is 6.75. The molecule has 0 fully saturated rings. The summed E-state index contributed by atoms with van der Waals surface area (Å²) >= 11 is 0. The number of nitrogens with two attached hydrogens (primary N) is 1. The lowest BCUT2D eigenvalue weighted by atomic mass is 10.0. The lowest BCUT2D eigenvalue weighted by molar-refractivity contribution is 0.206. The number of hydrogen-bond donors (Lipinski definition) is 1. The van der Waals surface area contributed by atoms with Crippen LogP contribution in [0.4, 0.5) is 4.39 Å². The molecule has 26 heavy (non-hydrogen) atoms. The summed E-state index contributed by atoms with van der Waals surface area (Å²) in [6.07, 6.45) is 5.48. The average Bonchev–Trinajstić information content (AvgIpc) is 2.60. The van der Waals surface area contributed by atoms with Crippen molar-refractivity contribution in [2.45, 2.75) is 38.9 Å². The highest BCUT2D eigenvalue weighted by atomic mass is 19.1. The number of aromatic nitrogens is 4. The van der Waals surface area contributed by atoms with Gasteiger partial charge in [-0.05, 0) is 43.9 Å². The molecule has 0 amide bonds. The first-order chi connectivity index (χ1) is 12.3. The van der Waals surface area contributed by atoms with Crippen LogP contribution in [0.25, 0.3) is 10.8 Å². The Morgan fingerprint density at radius 1 is 1.15 bits per heavy atom. The molecule has 136 valence electrons. The molecule has 3 heterocycles. The molecule has 3 aromatic rings. The fourth-order valence-electron chi connectivity index (χ4n) is 2.76. The van der Waals surface area contributed by atoms with Crippen molar-refractivity contribution >= 4 is 10.8 Å². The van der Waals surface area contributed by atoms with Gasteiger partial charge in [-0.2, -0.15) is 0 Å². The van der Waals surface area contributed by atoms with Gasteiger partial charge in [-0.3, -0.25) is 4.98 Å². The summed E-state index contributed by atoms with van der Waals surface area (Å²) < 4.78 is 19.4. The number of methoxy groups -OCH3 is 1. The summed E-state index contributed by atoms with van der Waals surface area (Å²) in [6, 6.07) is 3.55. The quantitative estimate of drug-likeness (QED) is 0.756. The van der Waals surface area contributed by atoms with Crippen molar-refractivity contribution in [3.63, 3.8) is 0 Å². The molecule has 0 spiro atoms. The molecule has 3 aromatic heterocycles. The maximum absolute atomic E-state index is 14.1. The zero-order chi connectivity index (χ0) is 18.9. The Bertz CT molecular complexity index is 937. The Morgan fingerprint density at radius 2 is 1.92 bits per heavy atom. The molecule has 7 heteroatoms. The Hall–Kier alpha value is -2.67. The molecule has 0 saturated carbocycles. The lowest BCUT2D eigenvalue weighted by Crippen LogP contribution is -2.15. The summed E-state index contributed by atoms with van der Waals surface area (Å²) in [5, 5.41) is 1.75. The van der Waals surface area contributed by atoms with Crippen LogP contribution in [0.3, 0.4) is 0 Å². The van der Waals surface area contributed by atoms with Crippen molar-refractivity contribution in [2.24, 2.45) is 5.73 Å². The molecule has 3 rings (SSSR count). The summed E-state index contributed by atoms with van der Waals surface area (Å²) in [7, 11) is 1.57. The van der Waals surface area contributed by atoms with Crippen molar-refractivity contribution in [2.75, 3.05) is 7.11 Å². The normalized spacial score (nSPS) is 13.0. The standard InChI is InChI=1S/C19H22FN5O/c1-11(21)15-9-24-17(26-4)16-10-23-13(8-14(15)16)7-12-5-6-22-18(25-12)19(2,3)20/h5-6,8-11H,7,21H2,1-4H3/t11-/m1/s1. The van der Waals surface area contributed by atoms with Crippen molar-refractivity contribution in [3.05, 3.63) is 53.5 Å². The summed E-state index contributed by atoms with van der Waals surface area (Å²) in [4.78, 5) is 17.1. The number of halogens is 1. The third-order valence-corrected chi connectivity index (χ3v) is 4.11. The number of ether oxygens (including phenoxy) is 1. The van der Waals surface area contributed by atoms with E-state index in [2.05, 4.69) is 19.9 Å². The molecule has 0 radical (unpaired) electrons. The van der Waals surface area contributed by atoms with E-state index in [1.807, 2.05) is 13.0 Å². The first-order valence-electron chi connectivity index (χ1n) is 8.38. The van der Waals surface area contributed by atoms with Gasteiger partial charge in [0, 0.05) is 36.7 Å². The van der Waals surface area contributed by atoms with Gasteiger partial charge in [-0.1, -0.05) is 0 Å². The molecule has 0 bridgehead atoms. The van der Waals surface area contributed by atoms with E-state index in [1.165, 1.54) is 13.8 Å². The number of pyridine rings is 2. The monoisotopic (exact) mass is 355 g/mol. The Labute approximate surface area is 151 Å². The number of hydrogen-bond acceptors (Lipinski definition) is 6.